The van der Waals surface area contributed by atoms with Gasteiger partial charge >= 0.3 is 0 Å². The lowest BCUT2D eigenvalue weighted by Gasteiger charge is -2.38. The van der Waals surface area contributed by atoms with Gasteiger partial charge < -0.3 is 14.4 Å². The van der Waals surface area contributed by atoms with Crippen molar-refractivity contribution in [2.75, 3.05) is 20.3 Å². The molecule has 0 atom stereocenters. The van der Waals surface area contributed by atoms with E-state index in [1.54, 1.807) is 16.9 Å². The summed E-state index contributed by atoms with van der Waals surface area (Å²) in [5.74, 6) is -0.384. The first kappa shape index (κ1) is 13.6. The van der Waals surface area contributed by atoms with E-state index in [0.29, 0.717) is 18.9 Å². The molecule has 0 unspecified atom stereocenters. The summed E-state index contributed by atoms with van der Waals surface area (Å²) >= 11 is 0. The quantitative estimate of drug-likeness (QED) is 0.815. The Morgan fingerprint density at radius 2 is 2.05 bits per heavy atom. The molecule has 2 aliphatic rings. The maximum atomic E-state index is 12.4. The van der Waals surface area contributed by atoms with Gasteiger partial charge in [-0.2, -0.15) is 5.10 Å². The van der Waals surface area contributed by atoms with Gasteiger partial charge in [-0.25, -0.2) is 0 Å². The van der Waals surface area contributed by atoms with Gasteiger partial charge in [0.25, 0.3) is 5.91 Å². The van der Waals surface area contributed by atoms with E-state index >= 15 is 0 Å². The van der Waals surface area contributed by atoms with E-state index in [1.165, 1.54) is 0 Å². The minimum atomic E-state index is -0.370. The molecule has 1 aromatic heterocycles. The van der Waals surface area contributed by atoms with Crippen molar-refractivity contribution in [2.24, 2.45) is 7.05 Å². The van der Waals surface area contributed by atoms with Crippen LogP contribution in [-0.4, -0.2) is 52.7 Å². The molecule has 1 aliphatic carbocycles. The van der Waals surface area contributed by atoms with Gasteiger partial charge in [-0.1, -0.05) is 0 Å². The average molecular weight is 279 g/mol. The minimum Gasteiger partial charge on any atom is -0.348 e. The van der Waals surface area contributed by atoms with Crippen LogP contribution in [0.4, 0.5) is 0 Å². The van der Waals surface area contributed by atoms with Crippen molar-refractivity contribution in [2.45, 2.75) is 37.5 Å². The number of carbonyl (C=O) groups excluding carboxylic acids is 1. The number of aryl methyl sites for hydroxylation is 1. The predicted octanol–water partition coefficient (Wildman–Crippen LogP) is 1.18. The molecular weight excluding hydrogens is 258 g/mol. The van der Waals surface area contributed by atoms with Crippen LogP contribution < -0.4 is 0 Å². The van der Waals surface area contributed by atoms with E-state index in [9.17, 15) is 4.79 Å². The summed E-state index contributed by atoms with van der Waals surface area (Å²) in [5, 5.41) is 4.17. The van der Waals surface area contributed by atoms with Gasteiger partial charge in [0.1, 0.15) is 5.69 Å². The van der Waals surface area contributed by atoms with Gasteiger partial charge in [-0.15, -0.1) is 0 Å². The Kier molecular flexibility index (Phi) is 3.52. The van der Waals surface area contributed by atoms with Crippen molar-refractivity contribution >= 4 is 5.91 Å². The van der Waals surface area contributed by atoms with Gasteiger partial charge in [0.15, 0.2) is 5.79 Å². The number of carbonyl (C=O) groups is 1. The lowest BCUT2D eigenvalue weighted by atomic mass is 9.89. The van der Waals surface area contributed by atoms with Crippen molar-refractivity contribution in [3.8, 4) is 0 Å². The monoisotopic (exact) mass is 279 g/mol. The van der Waals surface area contributed by atoms with Gasteiger partial charge in [-0.3, -0.25) is 9.48 Å². The van der Waals surface area contributed by atoms with E-state index < -0.39 is 0 Å². The molecule has 1 saturated heterocycles. The summed E-state index contributed by atoms with van der Waals surface area (Å²) in [5.41, 5.74) is 0.503. The fourth-order valence-corrected chi connectivity index (χ4v) is 3.09. The standard InChI is InChI=1S/C14H21N3O3/c1-16-8-5-12(15-16)13(18)17(2)11-3-6-14(7-4-11)19-9-10-20-14/h5,8,11H,3-4,6-7,9-10H2,1-2H3. The molecule has 6 nitrogen and oxygen atoms in total. The zero-order valence-electron chi connectivity index (χ0n) is 12.0. The van der Waals surface area contributed by atoms with Crippen molar-refractivity contribution in [1.29, 1.82) is 0 Å². The molecule has 0 bridgehead atoms. The Labute approximate surface area is 118 Å². The first-order valence-electron chi connectivity index (χ1n) is 7.14. The molecular formula is C14H21N3O3. The normalized spacial score (nSPS) is 22.3. The summed E-state index contributed by atoms with van der Waals surface area (Å²) < 4.78 is 13.1. The lowest BCUT2D eigenvalue weighted by molar-refractivity contribution is -0.182. The molecule has 20 heavy (non-hydrogen) atoms. The molecule has 1 spiro atoms. The van der Waals surface area contributed by atoms with Crippen LogP contribution in [0.25, 0.3) is 0 Å². The number of nitrogens with zero attached hydrogens (tertiary/aromatic N) is 3. The predicted molar refractivity (Wildman–Crippen MR) is 72.2 cm³/mol. The topological polar surface area (TPSA) is 56.6 Å². The second kappa shape index (κ2) is 5.18. The number of ether oxygens (including phenoxy) is 2. The minimum absolute atomic E-state index is 0.0141. The van der Waals surface area contributed by atoms with Crippen LogP contribution in [0.5, 0.6) is 0 Å². The van der Waals surface area contributed by atoms with Crippen molar-refractivity contribution < 1.29 is 14.3 Å². The largest absolute Gasteiger partial charge is 0.348 e. The van der Waals surface area contributed by atoms with Crippen molar-refractivity contribution in [1.82, 2.24) is 14.7 Å². The van der Waals surface area contributed by atoms with Crippen molar-refractivity contribution in [3.05, 3.63) is 18.0 Å². The maximum absolute atomic E-state index is 12.4. The summed E-state index contributed by atoms with van der Waals surface area (Å²) in [4.78, 5) is 14.2. The lowest BCUT2D eigenvalue weighted by Crippen LogP contribution is -2.45. The average Bonchev–Trinajstić information content (AvgIpc) is 3.08. The number of rotatable bonds is 2. The van der Waals surface area contributed by atoms with E-state index in [-0.39, 0.29) is 17.7 Å². The van der Waals surface area contributed by atoms with Crippen LogP contribution in [-0.2, 0) is 16.5 Å². The molecule has 1 aliphatic heterocycles. The first-order chi connectivity index (χ1) is 9.60. The third-order valence-corrected chi connectivity index (χ3v) is 4.33. The SMILES string of the molecule is CN(C(=O)c1ccn(C)n1)C1CCC2(CC1)OCCO2. The molecule has 0 aromatic carbocycles. The molecule has 110 valence electrons. The van der Waals surface area contributed by atoms with E-state index in [0.717, 1.165) is 25.7 Å². The number of aromatic nitrogens is 2. The van der Waals surface area contributed by atoms with E-state index in [2.05, 4.69) is 5.10 Å². The van der Waals surface area contributed by atoms with Crippen LogP contribution in [0, 0.1) is 0 Å². The fraction of sp³-hybridized carbons (Fsp3) is 0.714. The van der Waals surface area contributed by atoms with Gasteiger partial charge in [0.05, 0.1) is 13.2 Å². The zero-order chi connectivity index (χ0) is 14.2. The number of hydrogen-bond acceptors (Lipinski definition) is 4. The highest BCUT2D eigenvalue weighted by molar-refractivity contribution is 5.92. The highest BCUT2D eigenvalue weighted by atomic mass is 16.7. The van der Waals surface area contributed by atoms with Crippen LogP contribution in [0.3, 0.4) is 0 Å². The van der Waals surface area contributed by atoms with E-state index in [1.807, 2.05) is 19.0 Å². The highest BCUT2D eigenvalue weighted by Gasteiger charge is 2.41. The Bertz CT molecular complexity index is 484. The summed E-state index contributed by atoms with van der Waals surface area (Å²) in [6.07, 6.45) is 5.33. The Balaban J connectivity index is 1.61. The molecule has 0 radical (unpaired) electrons. The second-order valence-electron chi connectivity index (χ2n) is 5.63. The molecule has 1 saturated carbocycles. The Morgan fingerprint density at radius 3 is 2.60 bits per heavy atom. The third-order valence-electron chi connectivity index (χ3n) is 4.33. The van der Waals surface area contributed by atoms with Crippen LogP contribution in [0.1, 0.15) is 36.2 Å². The van der Waals surface area contributed by atoms with E-state index in [4.69, 9.17) is 9.47 Å². The van der Waals surface area contributed by atoms with Gasteiger partial charge in [0, 0.05) is 39.2 Å². The maximum Gasteiger partial charge on any atom is 0.274 e. The van der Waals surface area contributed by atoms with Crippen LogP contribution in [0.15, 0.2) is 12.3 Å². The number of amides is 1. The fourth-order valence-electron chi connectivity index (χ4n) is 3.09. The number of hydrogen-bond donors (Lipinski definition) is 0. The highest BCUT2D eigenvalue weighted by Crippen LogP contribution is 2.37. The smallest absolute Gasteiger partial charge is 0.274 e. The molecule has 1 amide bonds. The first-order valence-corrected chi connectivity index (χ1v) is 7.14. The third kappa shape index (κ3) is 2.45. The Hall–Kier alpha value is -1.40. The van der Waals surface area contributed by atoms with Crippen LogP contribution >= 0.6 is 0 Å². The summed E-state index contributed by atoms with van der Waals surface area (Å²) in [6.45, 7) is 1.38. The van der Waals surface area contributed by atoms with Gasteiger partial charge in [0.2, 0.25) is 0 Å². The van der Waals surface area contributed by atoms with Gasteiger partial charge in [-0.05, 0) is 18.9 Å². The summed E-state index contributed by atoms with van der Waals surface area (Å²) in [7, 11) is 3.67. The molecule has 3 rings (SSSR count). The van der Waals surface area contributed by atoms with Crippen molar-refractivity contribution in [3.63, 3.8) is 0 Å². The second-order valence-corrected chi connectivity index (χ2v) is 5.63. The molecule has 2 heterocycles. The summed E-state index contributed by atoms with van der Waals surface area (Å²) in [6, 6.07) is 2.00. The molecule has 6 heteroatoms. The van der Waals surface area contributed by atoms with Crippen LogP contribution in [0.2, 0.25) is 0 Å². The Morgan fingerprint density at radius 1 is 1.40 bits per heavy atom. The molecule has 1 aromatic rings. The molecule has 0 N–H and O–H groups in total. The zero-order valence-corrected chi connectivity index (χ0v) is 12.0. The molecule has 2 fully saturated rings.